The lowest BCUT2D eigenvalue weighted by molar-refractivity contribution is -0.878. The molecule has 0 fully saturated rings. The predicted octanol–water partition coefficient (Wildman–Crippen LogP) is 4.82. The van der Waals surface area contributed by atoms with Gasteiger partial charge < -0.3 is 0 Å². The number of nitrogens with zero attached hydrogens (tertiary/aromatic N) is 2. The molecule has 1 aromatic rings. The summed E-state index contributed by atoms with van der Waals surface area (Å²) in [7, 11) is 0. The van der Waals surface area contributed by atoms with Gasteiger partial charge in [0.25, 0.3) is 0 Å². The summed E-state index contributed by atoms with van der Waals surface area (Å²) >= 11 is 0. The molecule has 28 heavy (non-hydrogen) atoms. The van der Waals surface area contributed by atoms with Gasteiger partial charge in [-0.3, -0.25) is 0 Å². The molecule has 0 aliphatic heterocycles. The molecule has 19 heteroatoms. The van der Waals surface area contributed by atoms with Crippen LogP contribution < -0.4 is 4.57 Å². The molecule has 0 atom stereocenters. The van der Waals surface area contributed by atoms with E-state index in [-0.39, 0.29) is 0 Å². The first-order valence-corrected chi connectivity index (χ1v) is 5.81. The zero-order chi connectivity index (χ0) is 22.9. The van der Waals surface area contributed by atoms with Crippen LogP contribution in [0.1, 0.15) is 5.82 Å². The van der Waals surface area contributed by atoms with E-state index in [9.17, 15) is 74.7 Å². The van der Waals surface area contributed by atoms with Crippen molar-refractivity contribution in [3.8, 4) is 0 Å². The molecule has 0 unspecified atom stereocenters. The first-order valence-electron chi connectivity index (χ1n) is 5.81. The topological polar surface area (TPSA) is 8.81 Å². The number of aromatic nitrogens is 2. The Morgan fingerprint density at radius 3 is 1.32 bits per heavy atom. The average molecular weight is 459 g/mol. The van der Waals surface area contributed by atoms with Gasteiger partial charge in [-0.1, -0.05) is 0 Å². The summed E-state index contributed by atoms with van der Waals surface area (Å²) < 4.78 is 213. The molecular weight excluding hydrogens is 459 g/mol. The largest absolute Gasteiger partial charge is 0.500 e. The normalized spacial score (nSPS) is 15.3. The average Bonchev–Trinajstić information content (AvgIpc) is 2.69. The van der Waals surface area contributed by atoms with Crippen molar-refractivity contribution in [3.05, 3.63) is 17.7 Å². The van der Waals surface area contributed by atoms with Crippen molar-refractivity contribution in [1.82, 2.24) is 4.79 Å². The highest BCUT2D eigenvalue weighted by atomic mass is 19.4. The van der Waals surface area contributed by atoms with E-state index in [0.29, 0.717) is 0 Å². The molecule has 0 bridgehead atoms. The van der Waals surface area contributed by atoms with Gasteiger partial charge in [-0.2, -0.15) is 65.9 Å². The van der Waals surface area contributed by atoms with Gasteiger partial charge in [-0.25, -0.2) is 0 Å². The van der Waals surface area contributed by atoms with Crippen LogP contribution in [0.2, 0.25) is 0 Å². The van der Waals surface area contributed by atoms with Crippen LogP contribution in [-0.2, 0) is 12.0 Å². The van der Waals surface area contributed by atoms with Crippen LogP contribution in [0.4, 0.5) is 74.7 Å². The van der Waals surface area contributed by atoms with E-state index in [1.807, 2.05) is 0 Å². The van der Waals surface area contributed by atoms with E-state index in [1.165, 1.54) is 0 Å². The Morgan fingerprint density at radius 2 is 1.00 bits per heavy atom. The Hall–Kier alpha value is -1.98. The monoisotopic (exact) mass is 459 g/mol. The van der Waals surface area contributed by atoms with Gasteiger partial charge >= 0.3 is 53.9 Å². The van der Waals surface area contributed by atoms with Crippen molar-refractivity contribution < 1.29 is 79.3 Å². The Balaban J connectivity index is 3.99. The number of rotatable bonds is 4. The minimum atomic E-state index is -8.00. The smallest absolute Gasteiger partial charge is 0.192 e. The molecule has 0 radical (unpaired) electrons. The predicted molar refractivity (Wildman–Crippen MR) is 47.1 cm³/mol. The second-order valence-electron chi connectivity index (χ2n) is 4.78. The van der Waals surface area contributed by atoms with Crippen molar-refractivity contribution >= 4 is 0 Å². The highest BCUT2D eigenvalue weighted by molar-refractivity contribution is 5.08. The first kappa shape index (κ1) is 24.1. The van der Waals surface area contributed by atoms with Crippen molar-refractivity contribution in [1.29, 1.82) is 0 Å². The van der Waals surface area contributed by atoms with Crippen LogP contribution >= 0.6 is 0 Å². The molecule has 0 saturated carbocycles. The fourth-order valence-electron chi connectivity index (χ4n) is 1.61. The van der Waals surface area contributed by atoms with Gasteiger partial charge in [0.05, 0.1) is 0 Å². The minimum absolute atomic E-state index is 2.99. The lowest BCUT2D eigenvalue weighted by Gasteiger charge is -2.31. The minimum Gasteiger partial charge on any atom is -0.192 e. The molecule has 0 amide bonds. The van der Waals surface area contributed by atoms with Gasteiger partial charge in [0, 0.05) is 9.27 Å². The molecule has 0 spiro atoms. The zero-order valence-electron chi connectivity index (χ0n) is 11.8. The highest BCUT2D eigenvalue weighted by Gasteiger charge is 2.86. The molecule has 164 valence electrons. The fraction of sp³-hybridized carbons (Fsp3) is 0.667. The van der Waals surface area contributed by atoms with Crippen molar-refractivity contribution in [2.24, 2.45) is 0 Å². The molecule has 1 aromatic heterocycles. The number of halogens is 17. The second-order valence-corrected chi connectivity index (χ2v) is 4.78. The van der Waals surface area contributed by atoms with Crippen LogP contribution in [0.5, 0.6) is 0 Å². The summed E-state index contributed by atoms with van der Waals surface area (Å²) in [6.45, 7) is 0. The van der Waals surface area contributed by atoms with Crippen LogP contribution in [0.25, 0.3) is 0 Å². The van der Waals surface area contributed by atoms with Gasteiger partial charge in [0.15, 0.2) is 0 Å². The third-order valence-electron chi connectivity index (χ3n) is 2.98. The standard InChI is InChI=1S/C9F17N2/c10-1-2(11)28(26)3(27(1)9(24,25)8(21,22)23)4(12,13)5(14,15)6(16,17)7(18,19)20/q+1. The maximum atomic E-state index is 13.5. The maximum Gasteiger partial charge on any atom is 0.500 e. The molecular formula is C9F17N2+. The number of imidazole rings is 1. The second kappa shape index (κ2) is 6.01. The third-order valence-corrected chi connectivity index (χ3v) is 2.98. The summed E-state index contributed by atoms with van der Waals surface area (Å²) in [5.41, 5.74) is 0. The fourth-order valence-corrected chi connectivity index (χ4v) is 1.61. The molecule has 1 heterocycles. The van der Waals surface area contributed by atoms with E-state index in [4.69, 9.17) is 0 Å². The maximum absolute atomic E-state index is 13.5. The summed E-state index contributed by atoms with van der Waals surface area (Å²) in [5.74, 6) is -35.8. The number of hydrogen-bond acceptors (Lipinski definition) is 0. The summed E-state index contributed by atoms with van der Waals surface area (Å²) in [5, 5.41) is 0. The summed E-state index contributed by atoms with van der Waals surface area (Å²) in [6.07, 6.45) is -14.8. The van der Waals surface area contributed by atoms with Crippen LogP contribution in [0, 0.1) is 11.9 Å². The van der Waals surface area contributed by atoms with Crippen molar-refractivity contribution in [3.63, 3.8) is 0 Å². The molecule has 0 aliphatic rings. The summed E-state index contributed by atoms with van der Waals surface area (Å²) in [6, 6.07) is -7.20. The van der Waals surface area contributed by atoms with Gasteiger partial charge in [-0.05, 0) is 0 Å². The van der Waals surface area contributed by atoms with Crippen LogP contribution in [-0.4, -0.2) is 29.0 Å². The van der Waals surface area contributed by atoms with Crippen LogP contribution in [0.3, 0.4) is 0 Å². The SMILES string of the molecule is Fc1c(F)[n+](C(F)(F)C(F)(F)F)c(C(F)(F)C(F)(F)C(F)(F)C(F)(F)F)n1F. The Morgan fingerprint density at radius 1 is 0.607 bits per heavy atom. The number of hydrogen-bond donors (Lipinski definition) is 0. The van der Waals surface area contributed by atoms with Crippen molar-refractivity contribution in [2.45, 2.75) is 36.2 Å². The molecule has 0 N–H and O–H groups in total. The van der Waals surface area contributed by atoms with E-state index < -0.39 is 63.2 Å². The lowest BCUT2D eigenvalue weighted by atomic mass is 10.0. The Bertz CT molecular complexity index is 750. The lowest BCUT2D eigenvalue weighted by Crippen LogP contribution is -2.68. The Kier molecular flexibility index (Phi) is 5.16. The van der Waals surface area contributed by atoms with Gasteiger partial charge in [0.1, 0.15) is 0 Å². The first-order chi connectivity index (χ1) is 12.0. The van der Waals surface area contributed by atoms with E-state index in [0.717, 1.165) is 0 Å². The molecule has 0 aromatic carbocycles. The number of alkyl halides is 14. The van der Waals surface area contributed by atoms with E-state index >= 15 is 0 Å². The van der Waals surface area contributed by atoms with Gasteiger partial charge in [-0.15, -0.1) is 8.96 Å². The Labute approximate surface area is 139 Å². The molecule has 2 nitrogen and oxygen atoms in total. The molecule has 1 rings (SSSR count). The van der Waals surface area contributed by atoms with Gasteiger partial charge in [0.2, 0.25) is 0 Å². The quantitative estimate of drug-likeness (QED) is 0.451. The third kappa shape index (κ3) is 2.92. The zero-order valence-corrected chi connectivity index (χ0v) is 11.8. The summed E-state index contributed by atoms with van der Waals surface area (Å²) in [4.78, 5) is -2.99. The van der Waals surface area contributed by atoms with E-state index in [2.05, 4.69) is 0 Å². The molecule has 0 saturated heterocycles. The highest BCUT2D eigenvalue weighted by Crippen LogP contribution is 2.56. The van der Waals surface area contributed by atoms with Crippen molar-refractivity contribution in [2.75, 3.05) is 0 Å². The molecule has 0 aliphatic carbocycles. The van der Waals surface area contributed by atoms with E-state index in [1.54, 1.807) is 0 Å². The van der Waals surface area contributed by atoms with Crippen LogP contribution in [0.15, 0.2) is 0 Å².